The van der Waals surface area contributed by atoms with E-state index in [1.54, 1.807) is 0 Å². The second-order valence-electron chi connectivity index (χ2n) is 4.51. The first-order valence-electron chi connectivity index (χ1n) is 5.22. The number of hydrogen-bond donors (Lipinski definition) is 1. The van der Waals surface area contributed by atoms with Gasteiger partial charge in [0.25, 0.3) is 0 Å². The fraction of sp³-hybridized carbons (Fsp3) is 0.900. The van der Waals surface area contributed by atoms with Crippen molar-refractivity contribution >= 4 is 6.03 Å². The molecule has 1 aliphatic carbocycles. The topological polar surface area (TPSA) is 32.3 Å². The van der Waals surface area contributed by atoms with Crippen molar-refractivity contribution < 1.29 is 4.79 Å². The molecule has 1 N–H and O–H groups in total. The van der Waals surface area contributed by atoms with Gasteiger partial charge in [0, 0.05) is 19.1 Å². The molecule has 3 heteroatoms. The zero-order valence-corrected chi connectivity index (χ0v) is 8.47. The molecular weight excluding hydrogens is 164 g/mol. The zero-order chi connectivity index (χ0) is 9.47. The first kappa shape index (κ1) is 8.85. The van der Waals surface area contributed by atoms with Crippen LogP contribution in [0.5, 0.6) is 0 Å². The summed E-state index contributed by atoms with van der Waals surface area (Å²) in [5.74, 6) is 0. The molecule has 0 aromatic heterocycles. The monoisotopic (exact) mass is 182 g/mol. The van der Waals surface area contributed by atoms with Crippen LogP contribution in [0.15, 0.2) is 0 Å². The van der Waals surface area contributed by atoms with E-state index in [0.29, 0.717) is 11.5 Å². The summed E-state index contributed by atoms with van der Waals surface area (Å²) >= 11 is 0. The Morgan fingerprint density at radius 1 is 1.69 bits per heavy atom. The van der Waals surface area contributed by atoms with Gasteiger partial charge in [-0.3, -0.25) is 0 Å². The molecule has 2 aliphatic rings. The van der Waals surface area contributed by atoms with Crippen LogP contribution in [0.1, 0.15) is 33.1 Å². The van der Waals surface area contributed by atoms with Crippen molar-refractivity contribution in [3.8, 4) is 0 Å². The van der Waals surface area contributed by atoms with Crippen molar-refractivity contribution in [3.63, 3.8) is 0 Å². The van der Waals surface area contributed by atoms with Crippen LogP contribution in [0, 0.1) is 5.41 Å². The number of amides is 2. The SMILES string of the molecule is CCC1(C)CC1N1CCCNC1=O. The lowest BCUT2D eigenvalue weighted by molar-refractivity contribution is 0.173. The fourth-order valence-electron chi connectivity index (χ4n) is 2.19. The predicted octanol–water partition coefficient (Wildman–Crippen LogP) is 1.59. The smallest absolute Gasteiger partial charge is 0.317 e. The van der Waals surface area contributed by atoms with Crippen LogP contribution >= 0.6 is 0 Å². The quantitative estimate of drug-likeness (QED) is 0.691. The van der Waals surface area contributed by atoms with Crippen molar-refractivity contribution in [2.75, 3.05) is 13.1 Å². The molecule has 2 amide bonds. The van der Waals surface area contributed by atoms with Crippen LogP contribution in [-0.4, -0.2) is 30.1 Å². The maximum atomic E-state index is 11.5. The van der Waals surface area contributed by atoms with Crippen LogP contribution in [0.4, 0.5) is 4.79 Å². The van der Waals surface area contributed by atoms with Crippen molar-refractivity contribution in [1.29, 1.82) is 0 Å². The van der Waals surface area contributed by atoms with E-state index in [2.05, 4.69) is 19.2 Å². The number of carbonyl (C=O) groups is 1. The van der Waals surface area contributed by atoms with Gasteiger partial charge in [-0.05, 0) is 24.7 Å². The van der Waals surface area contributed by atoms with Gasteiger partial charge in [0.1, 0.15) is 0 Å². The third kappa shape index (κ3) is 1.40. The predicted molar refractivity (Wildman–Crippen MR) is 51.5 cm³/mol. The van der Waals surface area contributed by atoms with Crippen LogP contribution in [0.25, 0.3) is 0 Å². The molecule has 1 saturated heterocycles. The minimum atomic E-state index is 0.147. The highest BCUT2D eigenvalue weighted by molar-refractivity contribution is 5.75. The van der Waals surface area contributed by atoms with Crippen molar-refractivity contribution in [2.45, 2.75) is 39.2 Å². The number of carbonyl (C=O) groups excluding carboxylic acids is 1. The average molecular weight is 182 g/mol. The van der Waals surface area contributed by atoms with Gasteiger partial charge in [-0.2, -0.15) is 0 Å². The molecule has 1 heterocycles. The van der Waals surface area contributed by atoms with E-state index in [1.165, 1.54) is 12.8 Å². The molecule has 1 aliphatic heterocycles. The zero-order valence-electron chi connectivity index (χ0n) is 8.47. The maximum Gasteiger partial charge on any atom is 0.317 e. The first-order valence-corrected chi connectivity index (χ1v) is 5.22. The summed E-state index contributed by atoms with van der Waals surface area (Å²) in [5.41, 5.74) is 0.411. The highest BCUT2D eigenvalue weighted by atomic mass is 16.2. The van der Waals surface area contributed by atoms with E-state index in [-0.39, 0.29) is 6.03 Å². The summed E-state index contributed by atoms with van der Waals surface area (Å²) in [5, 5.41) is 2.90. The molecule has 0 aromatic carbocycles. The Morgan fingerprint density at radius 3 is 3.00 bits per heavy atom. The van der Waals surface area contributed by atoms with Crippen molar-refractivity contribution in [2.24, 2.45) is 5.41 Å². The summed E-state index contributed by atoms with van der Waals surface area (Å²) in [6.45, 7) is 6.29. The van der Waals surface area contributed by atoms with E-state index in [4.69, 9.17) is 0 Å². The number of nitrogens with zero attached hydrogens (tertiary/aromatic N) is 1. The standard InChI is InChI=1S/C10H18N2O/c1-3-10(2)7-8(10)12-6-4-5-11-9(12)13/h8H,3-7H2,1-2H3,(H,11,13). The minimum Gasteiger partial charge on any atom is -0.338 e. The van der Waals surface area contributed by atoms with Crippen molar-refractivity contribution in [1.82, 2.24) is 10.2 Å². The average Bonchev–Trinajstić information content (AvgIpc) is 2.80. The first-order chi connectivity index (χ1) is 6.17. The molecule has 2 atom stereocenters. The number of hydrogen-bond acceptors (Lipinski definition) is 1. The molecule has 2 unspecified atom stereocenters. The molecule has 3 nitrogen and oxygen atoms in total. The molecule has 74 valence electrons. The number of nitrogens with one attached hydrogen (secondary N) is 1. The normalized spacial score (nSPS) is 38.8. The van der Waals surface area contributed by atoms with E-state index < -0.39 is 0 Å². The van der Waals surface area contributed by atoms with Crippen LogP contribution < -0.4 is 5.32 Å². The number of urea groups is 1. The Bertz CT molecular complexity index is 229. The number of rotatable bonds is 2. The second kappa shape index (κ2) is 2.89. The van der Waals surface area contributed by atoms with E-state index in [0.717, 1.165) is 19.5 Å². The summed E-state index contributed by atoms with van der Waals surface area (Å²) < 4.78 is 0. The van der Waals surface area contributed by atoms with Crippen LogP contribution in [0.2, 0.25) is 0 Å². The van der Waals surface area contributed by atoms with Crippen LogP contribution in [0.3, 0.4) is 0 Å². The molecule has 0 aromatic rings. The molecule has 1 saturated carbocycles. The van der Waals surface area contributed by atoms with E-state index >= 15 is 0 Å². The molecule has 2 rings (SSSR count). The summed E-state index contributed by atoms with van der Waals surface area (Å²) in [4.78, 5) is 13.5. The van der Waals surface area contributed by atoms with E-state index in [1.807, 2.05) is 4.90 Å². The fourth-order valence-corrected chi connectivity index (χ4v) is 2.19. The molecule has 13 heavy (non-hydrogen) atoms. The molecular formula is C10H18N2O. The highest BCUT2D eigenvalue weighted by Gasteiger charge is 2.53. The van der Waals surface area contributed by atoms with Gasteiger partial charge >= 0.3 is 6.03 Å². The van der Waals surface area contributed by atoms with Gasteiger partial charge in [0.15, 0.2) is 0 Å². The Hall–Kier alpha value is -0.730. The molecule has 2 fully saturated rings. The summed E-state index contributed by atoms with van der Waals surface area (Å²) in [6.07, 6.45) is 3.47. The summed E-state index contributed by atoms with van der Waals surface area (Å²) in [7, 11) is 0. The lowest BCUT2D eigenvalue weighted by atomic mass is 10.1. The van der Waals surface area contributed by atoms with Crippen molar-refractivity contribution in [3.05, 3.63) is 0 Å². The Morgan fingerprint density at radius 2 is 2.46 bits per heavy atom. The Kier molecular flexibility index (Phi) is 1.97. The lowest BCUT2D eigenvalue weighted by Crippen LogP contribution is -2.48. The molecule has 0 spiro atoms. The lowest BCUT2D eigenvalue weighted by Gasteiger charge is -2.29. The van der Waals surface area contributed by atoms with E-state index in [9.17, 15) is 4.79 Å². The van der Waals surface area contributed by atoms with Gasteiger partial charge in [0.2, 0.25) is 0 Å². The van der Waals surface area contributed by atoms with Gasteiger partial charge in [0.05, 0.1) is 0 Å². The minimum absolute atomic E-state index is 0.147. The van der Waals surface area contributed by atoms with Gasteiger partial charge in [-0.15, -0.1) is 0 Å². The molecule has 0 radical (unpaired) electrons. The third-order valence-corrected chi connectivity index (χ3v) is 3.60. The molecule has 0 bridgehead atoms. The maximum absolute atomic E-state index is 11.5. The Labute approximate surface area is 79.5 Å². The van der Waals surface area contributed by atoms with Gasteiger partial charge in [-0.1, -0.05) is 13.8 Å². The van der Waals surface area contributed by atoms with Gasteiger partial charge in [-0.25, -0.2) is 4.79 Å². The third-order valence-electron chi connectivity index (χ3n) is 3.60. The van der Waals surface area contributed by atoms with Gasteiger partial charge < -0.3 is 10.2 Å². The summed E-state index contributed by atoms with van der Waals surface area (Å²) in [6, 6.07) is 0.659. The van der Waals surface area contributed by atoms with Crippen LogP contribution in [-0.2, 0) is 0 Å². The highest BCUT2D eigenvalue weighted by Crippen LogP contribution is 2.51. The Balaban J connectivity index is 1.98. The largest absolute Gasteiger partial charge is 0.338 e. The second-order valence-corrected chi connectivity index (χ2v) is 4.51.